The minimum Gasteiger partial charge on any atom is -0.481 e. The van der Waals surface area contributed by atoms with Gasteiger partial charge in [0.1, 0.15) is 11.5 Å². The van der Waals surface area contributed by atoms with Crippen molar-refractivity contribution in [2.24, 2.45) is 11.8 Å². The summed E-state index contributed by atoms with van der Waals surface area (Å²) in [5.41, 5.74) is 1.14. The summed E-state index contributed by atoms with van der Waals surface area (Å²) in [5, 5.41) is 9.41. The maximum absolute atomic E-state index is 12.7. The second kappa shape index (κ2) is 3.95. The predicted octanol–water partition coefficient (Wildman–Crippen LogP) is 1.37. The molecule has 1 aromatic rings. The van der Waals surface area contributed by atoms with Crippen LogP contribution < -0.4 is 4.90 Å². The minimum absolute atomic E-state index is 0.155. The molecule has 0 unspecified atom stereocenters. The first-order chi connectivity index (χ1) is 10.0. The predicted molar refractivity (Wildman–Crippen MR) is 74.9 cm³/mol. The Kier molecular flexibility index (Phi) is 2.37. The number of amides is 1. The Labute approximate surface area is 121 Å². The van der Waals surface area contributed by atoms with Gasteiger partial charge in [0.2, 0.25) is 5.91 Å². The second-order valence-electron chi connectivity index (χ2n) is 6.00. The number of aryl methyl sites for hydroxylation is 1. The van der Waals surface area contributed by atoms with Crippen molar-refractivity contribution >= 4 is 17.6 Å². The van der Waals surface area contributed by atoms with Gasteiger partial charge in [-0.25, -0.2) is 0 Å². The smallest absolute Gasteiger partial charge is 0.310 e. The van der Waals surface area contributed by atoms with Gasteiger partial charge in [-0.05, 0) is 19.1 Å². The number of benzene rings is 1. The SMILES string of the molecule is Cc1ccc(N2C[C@@]34C=C[C@@H](O3)[C@@H](C(=O)O)[C@@H]4C2=O)cc1. The summed E-state index contributed by atoms with van der Waals surface area (Å²) in [7, 11) is 0. The lowest BCUT2D eigenvalue weighted by atomic mass is 9.77. The number of hydrogen-bond acceptors (Lipinski definition) is 3. The summed E-state index contributed by atoms with van der Waals surface area (Å²) in [6, 6.07) is 7.65. The molecule has 5 nitrogen and oxygen atoms in total. The Morgan fingerprint density at radius 2 is 2.10 bits per heavy atom. The van der Waals surface area contributed by atoms with Gasteiger partial charge in [0.05, 0.1) is 18.6 Å². The Morgan fingerprint density at radius 1 is 1.38 bits per heavy atom. The summed E-state index contributed by atoms with van der Waals surface area (Å²) < 4.78 is 5.85. The van der Waals surface area contributed by atoms with Crippen LogP contribution in [-0.2, 0) is 14.3 Å². The van der Waals surface area contributed by atoms with Crippen molar-refractivity contribution in [3.63, 3.8) is 0 Å². The Hall–Kier alpha value is -2.14. The number of aliphatic carboxylic acids is 1. The maximum atomic E-state index is 12.7. The Balaban J connectivity index is 1.73. The van der Waals surface area contributed by atoms with Gasteiger partial charge in [-0.1, -0.05) is 29.8 Å². The van der Waals surface area contributed by atoms with Crippen LogP contribution >= 0.6 is 0 Å². The van der Waals surface area contributed by atoms with Crippen LogP contribution in [-0.4, -0.2) is 35.2 Å². The molecule has 2 fully saturated rings. The highest BCUT2D eigenvalue weighted by molar-refractivity contribution is 6.02. The van der Waals surface area contributed by atoms with E-state index in [-0.39, 0.29) is 5.91 Å². The average Bonchev–Trinajstić information content (AvgIpc) is 3.08. The summed E-state index contributed by atoms with van der Waals surface area (Å²) in [4.78, 5) is 25.8. The molecule has 3 heterocycles. The topological polar surface area (TPSA) is 66.8 Å². The zero-order valence-electron chi connectivity index (χ0n) is 11.5. The van der Waals surface area contributed by atoms with Gasteiger partial charge in [-0.2, -0.15) is 0 Å². The molecule has 2 saturated heterocycles. The summed E-state index contributed by atoms with van der Waals surface area (Å²) in [5.74, 6) is -2.52. The lowest BCUT2D eigenvalue weighted by molar-refractivity contribution is -0.146. The first-order valence-electron chi connectivity index (χ1n) is 7.00. The Bertz CT molecular complexity index is 665. The fraction of sp³-hybridized carbons (Fsp3) is 0.375. The third-order valence-electron chi connectivity index (χ3n) is 4.73. The van der Waals surface area contributed by atoms with Crippen molar-refractivity contribution < 1.29 is 19.4 Å². The highest BCUT2D eigenvalue weighted by atomic mass is 16.5. The van der Waals surface area contributed by atoms with Crippen LogP contribution in [0.3, 0.4) is 0 Å². The first-order valence-corrected chi connectivity index (χ1v) is 7.00. The minimum atomic E-state index is -0.963. The Morgan fingerprint density at radius 3 is 2.76 bits per heavy atom. The van der Waals surface area contributed by atoms with Crippen molar-refractivity contribution in [1.29, 1.82) is 0 Å². The van der Waals surface area contributed by atoms with E-state index in [4.69, 9.17) is 4.74 Å². The normalized spacial score (nSPS) is 36.3. The van der Waals surface area contributed by atoms with E-state index in [0.29, 0.717) is 6.54 Å². The van der Waals surface area contributed by atoms with Crippen molar-refractivity contribution in [3.05, 3.63) is 42.0 Å². The van der Waals surface area contributed by atoms with Crippen LogP contribution in [0.4, 0.5) is 5.69 Å². The molecule has 0 saturated carbocycles. The number of anilines is 1. The average molecular weight is 285 g/mol. The molecule has 2 bridgehead atoms. The van der Waals surface area contributed by atoms with Crippen LogP contribution in [0.2, 0.25) is 0 Å². The first kappa shape index (κ1) is 12.6. The van der Waals surface area contributed by atoms with E-state index in [9.17, 15) is 14.7 Å². The van der Waals surface area contributed by atoms with Gasteiger partial charge in [0, 0.05) is 5.69 Å². The van der Waals surface area contributed by atoms with Gasteiger partial charge in [-0.3, -0.25) is 9.59 Å². The quantitative estimate of drug-likeness (QED) is 0.833. The van der Waals surface area contributed by atoms with E-state index in [1.54, 1.807) is 11.0 Å². The summed E-state index contributed by atoms with van der Waals surface area (Å²) >= 11 is 0. The third-order valence-corrected chi connectivity index (χ3v) is 4.73. The van der Waals surface area contributed by atoms with Crippen LogP contribution in [0.5, 0.6) is 0 Å². The standard InChI is InChI=1S/C16H15NO4/c1-9-2-4-10(5-3-9)17-8-16-7-6-11(21-16)12(15(19)20)13(16)14(17)18/h2-7,11-13H,8H2,1H3,(H,19,20)/t11-,12-,13-,16-/m1/s1. The van der Waals surface area contributed by atoms with Crippen LogP contribution in [0.1, 0.15) is 5.56 Å². The fourth-order valence-corrected chi connectivity index (χ4v) is 3.72. The zero-order valence-corrected chi connectivity index (χ0v) is 11.5. The molecule has 108 valence electrons. The molecular weight excluding hydrogens is 270 g/mol. The maximum Gasteiger partial charge on any atom is 0.310 e. The van der Waals surface area contributed by atoms with Gasteiger partial charge in [0.25, 0.3) is 0 Å². The van der Waals surface area contributed by atoms with Gasteiger partial charge < -0.3 is 14.7 Å². The van der Waals surface area contributed by atoms with E-state index >= 15 is 0 Å². The molecule has 0 radical (unpaired) electrons. The fourth-order valence-electron chi connectivity index (χ4n) is 3.72. The molecule has 1 spiro atoms. The van der Waals surface area contributed by atoms with Gasteiger partial charge in [0.15, 0.2) is 0 Å². The third kappa shape index (κ3) is 1.55. The van der Waals surface area contributed by atoms with Crippen molar-refractivity contribution in [2.45, 2.75) is 18.6 Å². The van der Waals surface area contributed by atoms with Crippen molar-refractivity contribution in [1.82, 2.24) is 0 Å². The molecule has 1 N–H and O–H groups in total. The molecule has 0 aliphatic carbocycles. The molecular formula is C16H15NO4. The molecule has 0 aromatic heterocycles. The monoisotopic (exact) mass is 285 g/mol. The summed E-state index contributed by atoms with van der Waals surface area (Å²) in [6.07, 6.45) is 3.17. The van der Waals surface area contributed by atoms with Crippen molar-refractivity contribution in [2.75, 3.05) is 11.4 Å². The van der Waals surface area contributed by atoms with Gasteiger partial charge in [-0.15, -0.1) is 0 Å². The number of carbonyl (C=O) groups excluding carboxylic acids is 1. The molecule has 3 aliphatic rings. The molecule has 21 heavy (non-hydrogen) atoms. The van der Waals surface area contributed by atoms with Gasteiger partial charge >= 0.3 is 5.97 Å². The molecule has 1 amide bonds. The number of nitrogens with zero attached hydrogens (tertiary/aromatic N) is 1. The van der Waals surface area contributed by atoms with E-state index in [2.05, 4.69) is 0 Å². The highest BCUT2D eigenvalue weighted by Crippen LogP contribution is 2.52. The van der Waals surface area contributed by atoms with E-state index in [0.717, 1.165) is 11.3 Å². The number of ether oxygens (including phenoxy) is 1. The van der Waals surface area contributed by atoms with Crippen molar-refractivity contribution in [3.8, 4) is 0 Å². The van der Waals surface area contributed by atoms with Crippen LogP contribution in [0.25, 0.3) is 0 Å². The highest BCUT2D eigenvalue weighted by Gasteiger charge is 2.67. The van der Waals surface area contributed by atoms with Crippen LogP contribution in [0.15, 0.2) is 36.4 Å². The van der Waals surface area contributed by atoms with Crippen LogP contribution in [0, 0.1) is 18.8 Å². The van der Waals surface area contributed by atoms with E-state index < -0.39 is 29.5 Å². The number of hydrogen-bond donors (Lipinski definition) is 1. The lowest BCUT2D eigenvalue weighted by Gasteiger charge is -2.21. The summed E-state index contributed by atoms with van der Waals surface area (Å²) in [6.45, 7) is 2.37. The molecule has 3 aliphatic heterocycles. The molecule has 1 aromatic carbocycles. The number of carbonyl (C=O) groups is 2. The lowest BCUT2D eigenvalue weighted by Crippen LogP contribution is -2.39. The van der Waals surface area contributed by atoms with E-state index in [1.165, 1.54) is 0 Å². The van der Waals surface area contributed by atoms with E-state index in [1.807, 2.05) is 37.3 Å². The number of rotatable bonds is 2. The number of fused-ring (bicyclic) bond motifs is 1. The number of carboxylic acid groups (broad SMARTS) is 1. The molecule has 4 atom stereocenters. The number of carboxylic acids is 1. The largest absolute Gasteiger partial charge is 0.481 e. The molecule has 5 heteroatoms. The zero-order chi connectivity index (χ0) is 14.8. The second-order valence-corrected chi connectivity index (χ2v) is 6.00. The molecule has 4 rings (SSSR count).